The van der Waals surface area contributed by atoms with Crippen LogP contribution in [0.25, 0.3) is 11.5 Å². The number of amides is 1. The van der Waals surface area contributed by atoms with Crippen LogP contribution in [0.5, 0.6) is 0 Å². The number of rotatable bonds is 6. The highest BCUT2D eigenvalue weighted by molar-refractivity contribution is 5.93. The molecule has 136 valence electrons. The van der Waals surface area contributed by atoms with Gasteiger partial charge in [0.15, 0.2) is 5.76 Å². The lowest BCUT2D eigenvalue weighted by molar-refractivity contribution is -0.115. The Morgan fingerprint density at radius 2 is 1.88 bits per heavy atom. The van der Waals surface area contributed by atoms with Crippen LogP contribution in [0.3, 0.4) is 0 Å². The van der Waals surface area contributed by atoms with E-state index in [1.165, 1.54) is 5.56 Å². The van der Waals surface area contributed by atoms with Crippen molar-refractivity contribution in [2.45, 2.75) is 34.2 Å². The van der Waals surface area contributed by atoms with Gasteiger partial charge in [0.2, 0.25) is 5.91 Å². The molecule has 0 aliphatic carbocycles. The number of aromatic amines is 1. The Morgan fingerprint density at radius 1 is 1.15 bits per heavy atom. The zero-order valence-corrected chi connectivity index (χ0v) is 15.6. The van der Waals surface area contributed by atoms with E-state index < -0.39 is 0 Å². The molecule has 0 aliphatic rings. The van der Waals surface area contributed by atoms with E-state index in [0.29, 0.717) is 6.54 Å². The third kappa shape index (κ3) is 4.03. The summed E-state index contributed by atoms with van der Waals surface area (Å²) in [6, 6.07) is 7.95. The molecule has 2 heterocycles. The van der Waals surface area contributed by atoms with Crippen molar-refractivity contribution in [1.29, 1.82) is 0 Å². The zero-order chi connectivity index (χ0) is 18.7. The zero-order valence-electron chi connectivity index (χ0n) is 15.6. The van der Waals surface area contributed by atoms with Crippen molar-refractivity contribution >= 4 is 11.6 Å². The van der Waals surface area contributed by atoms with Gasteiger partial charge in [-0.25, -0.2) is 0 Å². The lowest BCUT2D eigenvalue weighted by Gasteiger charge is -2.13. The summed E-state index contributed by atoms with van der Waals surface area (Å²) in [5, 5.41) is 13.2. The van der Waals surface area contributed by atoms with Crippen LogP contribution in [0.1, 0.15) is 28.0 Å². The summed E-state index contributed by atoms with van der Waals surface area (Å²) in [7, 11) is 0. The van der Waals surface area contributed by atoms with Gasteiger partial charge in [-0.3, -0.25) is 9.89 Å². The van der Waals surface area contributed by atoms with E-state index in [1.807, 2.05) is 32.9 Å². The van der Waals surface area contributed by atoms with E-state index in [9.17, 15) is 4.79 Å². The van der Waals surface area contributed by atoms with Crippen LogP contribution >= 0.6 is 0 Å². The summed E-state index contributed by atoms with van der Waals surface area (Å²) < 4.78 is 5.63. The van der Waals surface area contributed by atoms with Crippen molar-refractivity contribution in [3.05, 3.63) is 58.5 Å². The van der Waals surface area contributed by atoms with Gasteiger partial charge in [-0.15, -0.1) is 0 Å². The quantitative estimate of drug-likeness (QED) is 0.632. The van der Waals surface area contributed by atoms with E-state index in [2.05, 4.69) is 39.9 Å². The van der Waals surface area contributed by atoms with Gasteiger partial charge >= 0.3 is 0 Å². The summed E-state index contributed by atoms with van der Waals surface area (Å²) >= 11 is 0. The lowest BCUT2D eigenvalue weighted by Crippen LogP contribution is -2.28. The smallest absolute Gasteiger partial charge is 0.238 e. The number of H-pyrrole nitrogens is 1. The molecule has 1 aromatic carbocycles. The van der Waals surface area contributed by atoms with Crippen LogP contribution in [-0.2, 0) is 11.3 Å². The Hall–Kier alpha value is -2.86. The summed E-state index contributed by atoms with van der Waals surface area (Å²) in [5.41, 5.74) is 6.00. The fourth-order valence-corrected chi connectivity index (χ4v) is 3.10. The van der Waals surface area contributed by atoms with Crippen molar-refractivity contribution in [1.82, 2.24) is 15.5 Å². The molecule has 0 radical (unpaired) electrons. The van der Waals surface area contributed by atoms with Crippen molar-refractivity contribution in [2.24, 2.45) is 0 Å². The van der Waals surface area contributed by atoms with Gasteiger partial charge < -0.3 is 15.1 Å². The molecule has 3 rings (SSSR count). The molecule has 0 aliphatic heterocycles. The van der Waals surface area contributed by atoms with Crippen LogP contribution < -0.4 is 10.6 Å². The Bertz CT molecular complexity index is 901. The number of anilines is 1. The fraction of sp³-hybridized carbons (Fsp3) is 0.300. The van der Waals surface area contributed by atoms with Gasteiger partial charge in [0, 0.05) is 17.8 Å². The first-order chi connectivity index (χ1) is 12.4. The normalized spacial score (nSPS) is 10.9. The van der Waals surface area contributed by atoms with E-state index in [0.717, 1.165) is 39.6 Å². The fourth-order valence-electron chi connectivity index (χ4n) is 3.10. The molecule has 0 saturated heterocycles. The first-order valence-electron chi connectivity index (χ1n) is 8.61. The molecule has 6 nitrogen and oxygen atoms in total. The SMILES string of the molecule is Cc1cc(C)c(NC(=O)CNCc2cn[nH]c2-c2ccc(C)o2)c(C)c1. The van der Waals surface area contributed by atoms with Gasteiger partial charge in [0.25, 0.3) is 0 Å². The van der Waals surface area contributed by atoms with Crippen molar-refractivity contribution < 1.29 is 9.21 Å². The second-order valence-corrected chi connectivity index (χ2v) is 6.61. The first kappa shape index (κ1) is 17.9. The van der Waals surface area contributed by atoms with Gasteiger partial charge in [-0.05, 0) is 51.0 Å². The highest BCUT2D eigenvalue weighted by Crippen LogP contribution is 2.23. The number of carbonyl (C=O) groups excluding carboxylic acids is 1. The molecule has 3 aromatic rings. The molecule has 0 bridgehead atoms. The number of furan rings is 1. The van der Waals surface area contributed by atoms with E-state index in [1.54, 1.807) is 6.20 Å². The molecule has 2 aromatic heterocycles. The summed E-state index contributed by atoms with van der Waals surface area (Å²) in [6.45, 7) is 8.70. The highest BCUT2D eigenvalue weighted by atomic mass is 16.3. The van der Waals surface area contributed by atoms with E-state index in [-0.39, 0.29) is 12.5 Å². The summed E-state index contributed by atoms with van der Waals surface area (Å²) in [4.78, 5) is 12.3. The minimum absolute atomic E-state index is 0.0704. The average Bonchev–Trinajstić information content (AvgIpc) is 3.19. The van der Waals surface area contributed by atoms with E-state index in [4.69, 9.17) is 4.42 Å². The van der Waals surface area contributed by atoms with Gasteiger partial charge in [-0.1, -0.05) is 17.7 Å². The number of hydrogen-bond acceptors (Lipinski definition) is 4. The van der Waals surface area contributed by atoms with Crippen LogP contribution in [-0.4, -0.2) is 22.6 Å². The maximum absolute atomic E-state index is 12.3. The third-order valence-electron chi connectivity index (χ3n) is 4.25. The van der Waals surface area contributed by atoms with Crippen LogP contribution in [0.4, 0.5) is 5.69 Å². The average molecular weight is 352 g/mol. The highest BCUT2D eigenvalue weighted by Gasteiger charge is 2.12. The van der Waals surface area contributed by atoms with Gasteiger partial charge in [0.05, 0.1) is 12.7 Å². The Labute approximate surface area is 153 Å². The number of nitrogens with one attached hydrogen (secondary N) is 3. The van der Waals surface area contributed by atoms with Crippen LogP contribution in [0, 0.1) is 27.7 Å². The predicted molar refractivity (Wildman–Crippen MR) is 102 cm³/mol. The minimum atomic E-state index is -0.0704. The number of benzene rings is 1. The summed E-state index contributed by atoms with van der Waals surface area (Å²) in [5.74, 6) is 1.52. The Balaban J connectivity index is 1.58. The summed E-state index contributed by atoms with van der Waals surface area (Å²) in [6.07, 6.45) is 1.74. The number of carbonyl (C=O) groups is 1. The molecule has 0 unspecified atom stereocenters. The maximum atomic E-state index is 12.3. The van der Waals surface area contributed by atoms with Gasteiger partial charge in [0.1, 0.15) is 11.5 Å². The van der Waals surface area contributed by atoms with Crippen molar-refractivity contribution in [2.75, 3.05) is 11.9 Å². The van der Waals surface area contributed by atoms with Crippen LogP contribution in [0.2, 0.25) is 0 Å². The molecule has 3 N–H and O–H groups in total. The van der Waals surface area contributed by atoms with Gasteiger partial charge in [-0.2, -0.15) is 5.10 Å². The first-order valence-corrected chi connectivity index (χ1v) is 8.61. The van der Waals surface area contributed by atoms with Crippen LogP contribution in [0.15, 0.2) is 34.9 Å². The second-order valence-electron chi connectivity index (χ2n) is 6.61. The molecule has 1 amide bonds. The molecular formula is C20H24N4O2. The molecule has 0 saturated carbocycles. The van der Waals surface area contributed by atoms with Crippen molar-refractivity contribution in [3.8, 4) is 11.5 Å². The number of aromatic nitrogens is 2. The van der Waals surface area contributed by atoms with E-state index >= 15 is 0 Å². The maximum Gasteiger partial charge on any atom is 0.238 e. The molecule has 0 atom stereocenters. The molecule has 26 heavy (non-hydrogen) atoms. The lowest BCUT2D eigenvalue weighted by atomic mass is 10.1. The number of hydrogen-bond donors (Lipinski definition) is 3. The third-order valence-corrected chi connectivity index (χ3v) is 4.25. The minimum Gasteiger partial charge on any atom is -0.460 e. The molecular weight excluding hydrogens is 328 g/mol. The van der Waals surface area contributed by atoms with Crippen molar-refractivity contribution in [3.63, 3.8) is 0 Å². The Kier molecular flexibility index (Phi) is 5.23. The number of nitrogens with zero attached hydrogens (tertiary/aromatic N) is 1. The second kappa shape index (κ2) is 7.58. The number of aryl methyl sites for hydroxylation is 4. The predicted octanol–water partition coefficient (Wildman–Crippen LogP) is 3.63. The molecule has 6 heteroatoms. The monoisotopic (exact) mass is 352 g/mol. The Morgan fingerprint density at radius 3 is 2.54 bits per heavy atom. The standard InChI is InChI=1S/C20H24N4O2/c1-12-7-13(2)19(14(3)8-12)23-18(25)11-21-9-16-10-22-24-20(16)17-6-5-15(4)26-17/h5-8,10,21H,9,11H2,1-4H3,(H,22,24)(H,23,25). The molecule has 0 fully saturated rings. The molecule has 0 spiro atoms. The topological polar surface area (TPSA) is 83.0 Å². The largest absolute Gasteiger partial charge is 0.460 e.